The van der Waals surface area contributed by atoms with Gasteiger partial charge in [-0.3, -0.25) is 9.59 Å². The Hall–Kier alpha value is -2.70. The van der Waals surface area contributed by atoms with Crippen LogP contribution in [0.1, 0.15) is 30.3 Å². The number of carbonyl (C=O) groups is 2. The normalized spacial score (nSPS) is 21.2. The first-order chi connectivity index (χ1) is 11.0. The van der Waals surface area contributed by atoms with Crippen molar-refractivity contribution in [2.75, 3.05) is 13.1 Å². The van der Waals surface area contributed by atoms with E-state index in [2.05, 4.69) is 10.2 Å². The maximum absolute atomic E-state index is 12.6. The van der Waals surface area contributed by atoms with E-state index < -0.39 is 11.4 Å². The highest BCUT2D eigenvalue weighted by Crippen LogP contribution is 2.30. The Balaban J connectivity index is 1.79. The minimum absolute atomic E-state index is 0.194. The van der Waals surface area contributed by atoms with E-state index in [1.54, 1.807) is 11.8 Å². The molecule has 1 atom stereocenters. The van der Waals surface area contributed by atoms with Crippen LogP contribution < -0.4 is 0 Å². The average Bonchev–Trinajstić information content (AvgIpc) is 3.05. The van der Waals surface area contributed by atoms with Gasteiger partial charge in [-0.15, -0.1) is 5.10 Å². The van der Waals surface area contributed by atoms with E-state index in [0.717, 1.165) is 5.69 Å². The predicted molar refractivity (Wildman–Crippen MR) is 82.2 cm³/mol. The molecule has 0 saturated carbocycles. The summed E-state index contributed by atoms with van der Waals surface area (Å²) >= 11 is 0. The van der Waals surface area contributed by atoms with E-state index in [-0.39, 0.29) is 18.1 Å². The van der Waals surface area contributed by atoms with E-state index in [0.29, 0.717) is 19.4 Å². The van der Waals surface area contributed by atoms with Gasteiger partial charge in [0.1, 0.15) is 0 Å². The van der Waals surface area contributed by atoms with Crippen LogP contribution in [0.15, 0.2) is 36.5 Å². The monoisotopic (exact) mass is 314 g/mol. The number of hydrogen-bond acceptors (Lipinski definition) is 4. The van der Waals surface area contributed by atoms with Gasteiger partial charge in [-0.2, -0.15) is 9.90 Å². The molecule has 120 valence electrons. The topological polar surface area (TPSA) is 88.3 Å². The van der Waals surface area contributed by atoms with Gasteiger partial charge in [0.2, 0.25) is 0 Å². The molecule has 1 N–H and O–H groups in total. The Bertz CT molecular complexity index is 728. The fraction of sp³-hybridized carbons (Fsp3) is 0.375. The summed E-state index contributed by atoms with van der Waals surface area (Å²) in [5.41, 5.74) is 0.0904. The zero-order valence-corrected chi connectivity index (χ0v) is 12.8. The number of para-hydroxylation sites is 1. The van der Waals surface area contributed by atoms with Crippen LogP contribution in [0.5, 0.6) is 0 Å². The Kier molecular flexibility index (Phi) is 3.85. The maximum Gasteiger partial charge on any atom is 0.311 e. The third kappa shape index (κ3) is 2.94. The number of carbonyl (C=O) groups excluding carboxylic acids is 1. The van der Waals surface area contributed by atoms with Crippen LogP contribution in [0.4, 0.5) is 0 Å². The molecule has 1 aromatic carbocycles. The second kappa shape index (κ2) is 5.83. The quantitative estimate of drug-likeness (QED) is 0.929. The Morgan fingerprint density at radius 2 is 2.00 bits per heavy atom. The molecule has 23 heavy (non-hydrogen) atoms. The zero-order valence-electron chi connectivity index (χ0n) is 12.8. The van der Waals surface area contributed by atoms with Gasteiger partial charge in [-0.05, 0) is 31.9 Å². The van der Waals surface area contributed by atoms with E-state index in [4.69, 9.17) is 0 Å². The van der Waals surface area contributed by atoms with Gasteiger partial charge in [0.05, 0.1) is 17.3 Å². The summed E-state index contributed by atoms with van der Waals surface area (Å²) in [6, 6.07) is 9.30. The van der Waals surface area contributed by atoms with Crippen molar-refractivity contribution in [2.24, 2.45) is 5.41 Å². The molecule has 2 heterocycles. The van der Waals surface area contributed by atoms with Crippen molar-refractivity contribution in [3.63, 3.8) is 0 Å². The molecule has 7 nitrogen and oxygen atoms in total. The molecule has 1 unspecified atom stereocenters. The number of hydrogen-bond donors (Lipinski definition) is 1. The number of benzene rings is 1. The highest BCUT2D eigenvalue weighted by Gasteiger charge is 2.40. The fourth-order valence-corrected chi connectivity index (χ4v) is 2.80. The summed E-state index contributed by atoms with van der Waals surface area (Å²) in [5.74, 6) is -1.15. The van der Waals surface area contributed by atoms with Crippen molar-refractivity contribution in [3.8, 4) is 5.69 Å². The van der Waals surface area contributed by atoms with Gasteiger partial charge in [-0.1, -0.05) is 18.2 Å². The highest BCUT2D eigenvalue weighted by atomic mass is 16.4. The molecule has 0 radical (unpaired) electrons. The molecule has 1 fully saturated rings. The van der Waals surface area contributed by atoms with Crippen LogP contribution in [0.25, 0.3) is 5.69 Å². The minimum Gasteiger partial charge on any atom is -0.481 e. The first-order valence-electron chi connectivity index (χ1n) is 7.50. The second-order valence-electron chi connectivity index (χ2n) is 6.05. The van der Waals surface area contributed by atoms with Crippen molar-refractivity contribution in [1.29, 1.82) is 0 Å². The maximum atomic E-state index is 12.6. The fourth-order valence-electron chi connectivity index (χ4n) is 2.80. The SMILES string of the molecule is CC1(C(=O)O)CCCN(C(=O)c2cnn(-c3ccccc3)n2)C1. The standard InChI is InChI=1S/C16H18N4O3/c1-16(15(22)23)8-5-9-19(11-16)14(21)13-10-17-20(18-13)12-6-3-2-4-7-12/h2-4,6-7,10H,5,8-9,11H2,1H3,(H,22,23). The molecule has 3 rings (SSSR count). The predicted octanol–water partition coefficient (Wildman–Crippen LogP) is 1.59. The van der Waals surface area contributed by atoms with Crippen molar-refractivity contribution < 1.29 is 14.7 Å². The lowest BCUT2D eigenvalue weighted by atomic mass is 9.82. The minimum atomic E-state index is -0.899. The van der Waals surface area contributed by atoms with Gasteiger partial charge in [0.15, 0.2) is 5.69 Å². The first kappa shape index (κ1) is 15.2. The van der Waals surface area contributed by atoms with Crippen molar-refractivity contribution in [2.45, 2.75) is 19.8 Å². The lowest BCUT2D eigenvalue weighted by Gasteiger charge is -2.37. The molecule has 2 aromatic rings. The van der Waals surface area contributed by atoms with E-state index in [1.165, 1.54) is 11.0 Å². The van der Waals surface area contributed by atoms with Crippen LogP contribution in [-0.2, 0) is 4.79 Å². The molecule has 1 amide bonds. The number of likely N-dealkylation sites (tertiary alicyclic amines) is 1. The van der Waals surface area contributed by atoms with Gasteiger partial charge in [0.25, 0.3) is 5.91 Å². The molecule has 0 spiro atoms. The Morgan fingerprint density at radius 3 is 2.70 bits per heavy atom. The molecular weight excluding hydrogens is 296 g/mol. The zero-order chi connectivity index (χ0) is 16.4. The molecule has 1 aliphatic heterocycles. The number of rotatable bonds is 3. The van der Waals surface area contributed by atoms with Crippen LogP contribution in [-0.4, -0.2) is 50.0 Å². The summed E-state index contributed by atoms with van der Waals surface area (Å²) in [6.45, 7) is 2.41. The molecule has 0 bridgehead atoms. The summed E-state index contributed by atoms with van der Waals surface area (Å²) in [7, 11) is 0. The number of carboxylic acids is 1. The van der Waals surface area contributed by atoms with E-state index in [9.17, 15) is 14.7 Å². The van der Waals surface area contributed by atoms with Gasteiger partial charge in [-0.25, -0.2) is 0 Å². The third-order valence-corrected chi connectivity index (χ3v) is 4.20. The summed E-state index contributed by atoms with van der Waals surface area (Å²) in [6.07, 6.45) is 2.66. The number of amides is 1. The lowest BCUT2D eigenvalue weighted by Crippen LogP contribution is -2.48. The van der Waals surface area contributed by atoms with Crippen molar-refractivity contribution in [3.05, 3.63) is 42.2 Å². The molecule has 1 aliphatic rings. The number of nitrogens with zero attached hydrogens (tertiary/aromatic N) is 4. The van der Waals surface area contributed by atoms with E-state index >= 15 is 0 Å². The van der Waals surface area contributed by atoms with Crippen molar-refractivity contribution >= 4 is 11.9 Å². The Morgan fingerprint density at radius 1 is 1.26 bits per heavy atom. The van der Waals surface area contributed by atoms with Crippen LogP contribution in [0.3, 0.4) is 0 Å². The van der Waals surface area contributed by atoms with Gasteiger partial charge in [0, 0.05) is 13.1 Å². The van der Waals surface area contributed by atoms with Crippen molar-refractivity contribution in [1.82, 2.24) is 19.9 Å². The number of carboxylic acid groups (broad SMARTS) is 1. The Labute approximate surface area is 133 Å². The first-order valence-corrected chi connectivity index (χ1v) is 7.50. The summed E-state index contributed by atoms with van der Waals surface area (Å²) in [5, 5.41) is 17.7. The molecule has 1 aromatic heterocycles. The second-order valence-corrected chi connectivity index (χ2v) is 6.05. The third-order valence-electron chi connectivity index (χ3n) is 4.20. The largest absolute Gasteiger partial charge is 0.481 e. The number of piperidine rings is 1. The number of aromatic nitrogens is 3. The average molecular weight is 314 g/mol. The lowest BCUT2D eigenvalue weighted by molar-refractivity contribution is -0.150. The van der Waals surface area contributed by atoms with Gasteiger partial charge >= 0.3 is 5.97 Å². The van der Waals surface area contributed by atoms with Gasteiger partial charge < -0.3 is 10.0 Å². The summed E-state index contributed by atoms with van der Waals surface area (Å²) < 4.78 is 0. The van der Waals surface area contributed by atoms with Crippen LogP contribution in [0, 0.1) is 5.41 Å². The molecular formula is C16H18N4O3. The summed E-state index contributed by atoms with van der Waals surface area (Å²) in [4.78, 5) is 26.9. The van der Waals surface area contributed by atoms with E-state index in [1.807, 2.05) is 30.3 Å². The smallest absolute Gasteiger partial charge is 0.311 e. The highest BCUT2D eigenvalue weighted by molar-refractivity contribution is 5.92. The molecule has 1 saturated heterocycles. The van der Waals surface area contributed by atoms with Crippen LogP contribution in [0.2, 0.25) is 0 Å². The van der Waals surface area contributed by atoms with Crippen LogP contribution >= 0.6 is 0 Å². The number of aliphatic carboxylic acids is 1. The molecule has 7 heteroatoms. The molecule has 0 aliphatic carbocycles.